The van der Waals surface area contributed by atoms with E-state index in [9.17, 15) is 9.50 Å². The van der Waals surface area contributed by atoms with Crippen LogP contribution in [0.1, 0.15) is 24.3 Å². The van der Waals surface area contributed by atoms with Crippen molar-refractivity contribution in [3.63, 3.8) is 0 Å². The summed E-state index contributed by atoms with van der Waals surface area (Å²) in [7, 11) is 0. The molecule has 2 aliphatic rings. The molecule has 6 heteroatoms. The van der Waals surface area contributed by atoms with Gasteiger partial charge in [-0.15, -0.1) is 0 Å². The van der Waals surface area contributed by atoms with Gasteiger partial charge in [0.25, 0.3) is 0 Å². The first-order valence-corrected chi connectivity index (χ1v) is 7.43. The zero-order chi connectivity index (χ0) is 13.2. The van der Waals surface area contributed by atoms with Crippen molar-refractivity contribution in [2.75, 3.05) is 30.5 Å². The first-order valence-electron chi connectivity index (χ1n) is 6.66. The van der Waals surface area contributed by atoms with E-state index in [-0.39, 0.29) is 11.6 Å². The second-order valence-electron chi connectivity index (χ2n) is 5.00. The van der Waals surface area contributed by atoms with Gasteiger partial charge in [-0.1, -0.05) is 0 Å². The molecule has 2 saturated heterocycles. The van der Waals surface area contributed by atoms with E-state index < -0.39 is 0 Å². The number of hydrogen-bond acceptors (Lipinski definition) is 5. The molecule has 3 rings (SSSR count). The van der Waals surface area contributed by atoms with Crippen molar-refractivity contribution in [2.45, 2.75) is 18.8 Å². The van der Waals surface area contributed by atoms with Gasteiger partial charge in [0.1, 0.15) is 11.4 Å². The fourth-order valence-corrected chi connectivity index (χ4v) is 3.49. The third kappa shape index (κ3) is 2.66. The van der Waals surface area contributed by atoms with E-state index in [4.69, 9.17) is 0 Å². The van der Waals surface area contributed by atoms with E-state index >= 15 is 0 Å². The van der Waals surface area contributed by atoms with Crippen LogP contribution in [0, 0.1) is 5.82 Å². The van der Waals surface area contributed by atoms with Gasteiger partial charge in [-0.3, -0.25) is 4.31 Å². The number of phenols is 1. The van der Waals surface area contributed by atoms with Crippen molar-refractivity contribution >= 4 is 17.8 Å². The van der Waals surface area contributed by atoms with Crippen molar-refractivity contribution < 1.29 is 9.50 Å². The molecule has 1 atom stereocenters. The molecule has 104 valence electrons. The van der Waals surface area contributed by atoms with Crippen LogP contribution in [0.25, 0.3) is 0 Å². The number of phenolic OH excluding ortho intramolecular Hbond substituents is 1. The van der Waals surface area contributed by atoms with Crippen LogP contribution in [-0.2, 0) is 0 Å². The largest absolute Gasteiger partial charge is 0.506 e. The summed E-state index contributed by atoms with van der Waals surface area (Å²) in [4.78, 5) is 0. The van der Waals surface area contributed by atoms with Gasteiger partial charge in [0, 0.05) is 31.8 Å². The van der Waals surface area contributed by atoms with Crippen LogP contribution >= 0.6 is 12.1 Å². The van der Waals surface area contributed by atoms with E-state index in [2.05, 4.69) is 10.0 Å². The molecule has 1 unspecified atom stereocenters. The second kappa shape index (κ2) is 5.56. The maximum absolute atomic E-state index is 14.3. The van der Waals surface area contributed by atoms with Crippen LogP contribution in [0.3, 0.4) is 0 Å². The van der Waals surface area contributed by atoms with E-state index in [0.29, 0.717) is 18.2 Å². The number of nitrogens with zero attached hydrogens (tertiary/aromatic N) is 1. The number of hydrogen-bond donors (Lipinski definition) is 3. The number of anilines is 1. The van der Waals surface area contributed by atoms with E-state index in [1.807, 2.05) is 0 Å². The average molecular weight is 283 g/mol. The summed E-state index contributed by atoms with van der Waals surface area (Å²) < 4.78 is 19.1. The average Bonchev–Trinajstić information content (AvgIpc) is 2.93. The summed E-state index contributed by atoms with van der Waals surface area (Å²) >= 11 is 1.34. The minimum absolute atomic E-state index is 0.0387. The summed E-state index contributed by atoms with van der Waals surface area (Å²) in [6.45, 7) is 3.37. The molecule has 0 radical (unpaired) electrons. The summed E-state index contributed by atoms with van der Waals surface area (Å²) in [5.74, 6) is 0.00102. The summed E-state index contributed by atoms with van der Waals surface area (Å²) in [5, 5.41) is 13.4. The van der Waals surface area contributed by atoms with Gasteiger partial charge < -0.3 is 10.4 Å². The molecule has 0 saturated carbocycles. The molecule has 2 heterocycles. The predicted molar refractivity (Wildman–Crippen MR) is 75.8 cm³/mol. The van der Waals surface area contributed by atoms with Crippen molar-refractivity contribution in [1.82, 2.24) is 10.0 Å². The van der Waals surface area contributed by atoms with Crippen molar-refractivity contribution in [2.24, 2.45) is 0 Å². The Labute approximate surface area is 116 Å². The SMILES string of the molecule is Oc1cc(C2CCCNC2)cc(F)c1N1CCNS1. The molecule has 2 fully saturated rings. The van der Waals surface area contributed by atoms with Crippen LogP contribution in [0.15, 0.2) is 12.1 Å². The van der Waals surface area contributed by atoms with Crippen molar-refractivity contribution in [3.8, 4) is 5.75 Å². The molecule has 4 nitrogen and oxygen atoms in total. The minimum Gasteiger partial charge on any atom is -0.506 e. The lowest BCUT2D eigenvalue weighted by atomic mass is 9.91. The Morgan fingerprint density at radius 3 is 2.89 bits per heavy atom. The van der Waals surface area contributed by atoms with Crippen LogP contribution in [0.4, 0.5) is 10.1 Å². The number of rotatable bonds is 2. The van der Waals surface area contributed by atoms with Gasteiger partial charge in [0.15, 0.2) is 5.82 Å². The highest BCUT2D eigenvalue weighted by molar-refractivity contribution is 7.99. The maximum atomic E-state index is 14.3. The quantitative estimate of drug-likeness (QED) is 0.725. The van der Waals surface area contributed by atoms with Crippen molar-refractivity contribution in [1.29, 1.82) is 0 Å². The summed E-state index contributed by atoms with van der Waals surface area (Å²) in [6.07, 6.45) is 2.14. The minimum atomic E-state index is -0.336. The van der Waals surface area contributed by atoms with Gasteiger partial charge in [0.05, 0.1) is 0 Å². The zero-order valence-electron chi connectivity index (χ0n) is 10.7. The van der Waals surface area contributed by atoms with Gasteiger partial charge >= 0.3 is 0 Å². The summed E-state index contributed by atoms with van der Waals surface area (Å²) in [5.41, 5.74) is 1.19. The van der Waals surface area contributed by atoms with Crippen LogP contribution < -0.4 is 14.3 Å². The molecule has 19 heavy (non-hydrogen) atoms. The Bertz CT molecular complexity index is 436. The third-order valence-corrected chi connectivity index (χ3v) is 4.59. The summed E-state index contributed by atoms with van der Waals surface area (Å²) in [6, 6.07) is 3.29. The smallest absolute Gasteiger partial charge is 0.151 e. The zero-order valence-corrected chi connectivity index (χ0v) is 11.5. The first kappa shape index (κ1) is 13.0. The second-order valence-corrected chi connectivity index (χ2v) is 5.91. The normalized spacial score (nSPS) is 23.8. The number of nitrogens with one attached hydrogen (secondary N) is 2. The fourth-order valence-electron chi connectivity index (χ4n) is 2.70. The Kier molecular flexibility index (Phi) is 3.81. The highest BCUT2D eigenvalue weighted by Crippen LogP contribution is 2.38. The van der Waals surface area contributed by atoms with Gasteiger partial charge in [-0.2, -0.15) is 0 Å². The van der Waals surface area contributed by atoms with Gasteiger partial charge in [-0.05, 0) is 43.0 Å². The Morgan fingerprint density at radius 1 is 1.37 bits per heavy atom. The van der Waals surface area contributed by atoms with Crippen LogP contribution in [0.5, 0.6) is 5.75 Å². The lowest BCUT2D eigenvalue weighted by Crippen LogP contribution is -2.28. The van der Waals surface area contributed by atoms with E-state index in [0.717, 1.165) is 38.0 Å². The lowest BCUT2D eigenvalue weighted by molar-refractivity contribution is 0.448. The Balaban J connectivity index is 1.88. The molecule has 0 bridgehead atoms. The van der Waals surface area contributed by atoms with Crippen molar-refractivity contribution in [3.05, 3.63) is 23.5 Å². The third-order valence-electron chi connectivity index (χ3n) is 3.67. The maximum Gasteiger partial charge on any atom is 0.151 e. The number of halogens is 1. The van der Waals surface area contributed by atoms with Gasteiger partial charge in [0.2, 0.25) is 0 Å². The molecule has 2 aliphatic heterocycles. The van der Waals surface area contributed by atoms with Crippen LogP contribution in [-0.4, -0.2) is 31.3 Å². The highest BCUT2D eigenvalue weighted by atomic mass is 32.2. The molecular weight excluding hydrogens is 265 g/mol. The molecule has 1 aromatic carbocycles. The molecule has 0 aliphatic carbocycles. The topological polar surface area (TPSA) is 47.5 Å². The number of piperidine rings is 1. The molecule has 0 amide bonds. The molecular formula is C13H18FN3OS. The highest BCUT2D eigenvalue weighted by Gasteiger charge is 2.24. The lowest BCUT2D eigenvalue weighted by Gasteiger charge is -2.25. The first-order chi connectivity index (χ1) is 9.25. The number of aromatic hydroxyl groups is 1. The van der Waals surface area contributed by atoms with Crippen LogP contribution in [0.2, 0.25) is 0 Å². The van der Waals surface area contributed by atoms with E-state index in [1.54, 1.807) is 16.4 Å². The monoisotopic (exact) mass is 283 g/mol. The molecule has 0 spiro atoms. The Morgan fingerprint density at radius 2 is 2.26 bits per heavy atom. The standard InChI is InChI=1S/C13H18FN3OS/c14-11-6-10(9-2-1-3-15-8-9)7-12(18)13(11)17-5-4-16-19-17/h6-7,9,15-16,18H,1-5,8H2. The molecule has 3 N–H and O–H groups in total. The number of benzene rings is 1. The predicted octanol–water partition coefficient (Wildman–Crippen LogP) is 1.97. The fraction of sp³-hybridized carbons (Fsp3) is 0.538. The molecule has 1 aromatic rings. The van der Waals surface area contributed by atoms with E-state index in [1.165, 1.54) is 12.1 Å². The Hall–Kier alpha value is -0.980. The molecule has 0 aromatic heterocycles. The van der Waals surface area contributed by atoms with Gasteiger partial charge in [-0.25, -0.2) is 9.11 Å².